The van der Waals surface area contributed by atoms with Crippen LogP contribution in [0.1, 0.15) is 27.4 Å². The minimum Gasteiger partial charge on any atom is -0.478 e. The number of aromatic carboxylic acids is 1. The molecule has 0 radical (unpaired) electrons. The molecule has 1 aliphatic rings. The number of anilines is 1. The van der Waals surface area contributed by atoms with Crippen LogP contribution in [0.3, 0.4) is 0 Å². The van der Waals surface area contributed by atoms with Crippen molar-refractivity contribution in [2.45, 2.75) is 5.92 Å². The van der Waals surface area contributed by atoms with Crippen LogP contribution in [-0.4, -0.2) is 23.8 Å². The molecular formula is C22H17NO4. The number of hydrogen-bond donors (Lipinski definition) is 2. The minimum absolute atomic E-state index is 0.0195. The zero-order chi connectivity index (χ0) is 18.8. The van der Waals surface area contributed by atoms with E-state index in [0.717, 1.165) is 22.3 Å². The van der Waals surface area contributed by atoms with E-state index < -0.39 is 12.1 Å². The average molecular weight is 359 g/mol. The van der Waals surface area contributed by atoms with Gasteiger partial charge in [0.1, 0.15) is 6.61 Å². The first-order chi connectivity index (χ1) is 13.1. The van der Waals surface area contributed by atoms with Crippen LogP contribution in [-0.2, 0) is 4.74 Å². The van der Waals surface area contributed by atoms with Crippen molar-refractivity contribution < 1.29 is 19.4 Å². The van der Waals surface area contributed by atoms with Gasteiger partial charge >= 0.3 is 12.1 Å². The van der Waals surface area contributed by atoms with E-state index in [-0.39, 0.29) is 23.8 Å². The molecule has 3 aromatic rings. The predicted molar refractivity (Wildman–Crippen MR) is 102 cm³/mol. The van der Waals surface area contributed by atoms with Crippen LogP contribution in [0, 0.1) is 0 Å². The van der Waals surface area contributed by atoms with E-state index in [0.29, 0.717) is 0 Å². The van der Waals surface area contributed by atoms with Gasteiger partial charge in [0.15, 0.2) is 0 Å². The van der Waals surface area contributed by atoms with Crippen molar-refractivity contribution in [3.8, 4) is 11.1 Å². The Kier molecular flexibility index (Phi) is 4.34. The summed E-state index contributed by atoms with van der Waals surface area (Å²) in [5, 5.41) is 11.7. The van der Waals surface area contributed by atoms with E-state index in [1.54, 1.807) is 12.1 Å². The van der Waals surface area contributed by atoms with Crippen molar-refractivity contribution in [2.75, 3.05) is 11.9 Å². The fourth-order valence-corrected chi connectivity index (χ4v) is 3.52. The molecule has 0 unspecified atom stereocenters. The van der Waals surface area contributed by atoms with Gasteiger partial charge in [0.2, 0.25) is 0 Å². The Morgan fingerprint density at radius 1 is 0.852 bits per heavy atom. The van der Waals surface area contributed by atoms with E-state index in [2.05, 4.69) is 17.4 Å². The van der Waals surface area contributed by atoms with Crippen molar-refractivity contribution in [3.05, 3.63) is 89.5 Å². The molecule has 0 spiro atoms. The number of carboxylic acid groups (broad SMARTS) is 1. The molecule has 0 fully saturated rings. The Morgan fingerprint density at radius 2 is 1.41 bits per heavy atom. The predicted octanol–water partition coefficient (Wildman–Crippen LogP) is 4.75. The molecule has 1 amide bonds. The summed E-state index contributed by atoms with van der Waals surface area (Å²) in [5.41, 5.74) is 4.78. The Bertz CT molecular complexity index is 983. The third-order valence-corrected chi connectivity index (χ3v) is 4.74. The maximum absolute atomic E-state index is 12.2. The quantitative estimate of drug-likeness (QED) is 0.705. The summed E-state index contributed by atoms with van der Waals surface area (Å²) in [5.74, 6) is -1.15. The maximum Gasteiger partial charge on any atom is 0.411 e. The van der Waals surface area contributed by atoms with Crippen molar-refractivity contribution in [3.63, 3.8) is 0 Å². The lowest BCUT2D eigenvalue weighted by molar-refractivity contribution is 0.0698. The molecule has 134 valence electrons. The van der Waals surface area contributed by atoms with Crippen LogP contribution < -0.4 is 5.32 Å². The topological polar surface area (TPSA) is 75.6 Å². The standard InChI is InChI=1S/C22H17NO4/c24-21(25)18-11-5-6-12-20(18)23-22(26)27-13-19-16-9-3-1-7-14(16)15-8-2-4-10-17(15)19/h1-12,19H,13H2,(H,23,26)(H,24,25). The van der Waals surface area contributed by atoms with Crippen LogP contribution in [0.4, 0.5) is 10.5 Å². The number of amides is 1. The minimum atomic E-state index is -1.11. The third kappa shape index (κ3) is 3.15. The molecule has 0 heterocycles. The summed E-state index contributed by atoms with van der Waals surface area (Å²) in [4.78, 5) is 23.5. The lowest BCUT2D eigenvalue weighted by Gasteiger charge is -2.15. The maximum atomic E-state index is 12.2. The first-order valence-electron chi connectivity index (χ1n) is 8.59. The lowest BCUT2D eigenvalue weighted by Crippen LogP contribution is -2.19. The number of ether oxygens (including phenoxy) is 1. The second-order valence-electron chi connectivity index (χ2n) is 6.30. The Balaban J connectivity index is 1.51. The summed E-state index contributed by atoms with van der Waals surface area (Å²) in [6.45, 7) is 0.176. The van der Waals surface area contributed by atoms with Crippen molar-refractivity contribution >= 4 is 17.7 Å². The fraction of sp³-hybridized carbons (Fsp3) is 0.0909. The second kappa shape index (κ2) is 6.96. The molecule has 0 saturated carbocycles. The first kappa shape index (κ1) is 16.8. The van der Waals surface area contributed by atoms with Gasteiger partial charge in [-0.2, -0.15) is 0 Å². The van der Waals surface area contributed by atoms with Crippen LogP contribution in [0.25, 0.3) is 11.1 Å². The van der Waals surface area contributed by atoms with Gasteiger partial charge in [-0.3, -0.25) is 5.32 Å². The van der Waals surface area contributed by atoms with Gasteiger partial charge in [-0.25, -0.2) is 9.59 Å². The molecule has 5 heteroatoms. The Labute approximate surface area is 156 Å². The number of carbonyl (C=O) groups is 2. The molecule has 0 bridgehead atoms. The molecule has 4 rings (SSSR count). The summed E-state index contributed by atoms with van der Waals surface area (Å²) >= 11 is 0. The van der Waals surface area contributed by atoms with E-state index in [1.807, 2.05) is 36.4 Å². The number of benzene rings is 3. The second-order valence-corrected chi connectivity index (χ2v) is 6.30. The highest BCUT2D eigenvalue weighted by atomic mass is 16.5. The Hall–Kier alpha value is -3.60. The summed E-state index contributed by atoms with van der Waals surface area (Å²) in [6, 6.07) is 22.4. The highest BCUT2D eigenvalue weighted by molar-refractivity contribution is 5.98. The van der Waals surface area contributed by atoms with Crippen LogP contribution in [0.5, 0.6) is 0 Å². The first-order valence-corrected chi connectivity index (χ1v) is 8.59. The van der Waals surface area contributed by atoms with E-state index >= 15 is 0 Å². The van der Waals surface area contributed by atoms with Crippen molar-refractivity contribution in [1.82, 2.24) is 0 Å². The number of para-hydroxylation sites is 1. The van der Waals surface area contributed by atoms with Crippen LogP contribution >= 0.6 is 0 Å². The Morgan fingerprint density at radius 3 is 2.04 bits per heavy atom. The van der Waals surface area contributed by atoms with Gasteiger partial charge in [0.05, 0.1) is 11.3 Å². The third-order valence-electron chi connectivity index (χ3n) is 4.74. The van der Waals surface area contributed by atoms with Gasteiger partial charge in [-0.1, -0.05) is 60.7 Å². The number of carbonyl (C=O) groups excluding carboxylic acids is 1. The molecule has 3 aromatic carbocycles. The zero-order valence-corrected chi connectivity index (χ0v) is 14.4. The molecule has 27 heavy (non-hydrogen) atoms. The van der Waals surface area contributed by atoms with E-state index in [9.17, 15) is 14.7 Å². The summed E-state index contributed by atoms with van der Waals surface area (Å²) < 4.78 is 5.44. The van der Waals surface area contributed by atoms with E-state index in [1.165, 1.54) is 12.1 Å². The number of hydrogen-bond acceptors (Lipinski definition) is 3. The summed E-state index contributed by atoms with van der Waals surface area (Å²) in [7, 11) is 0. The smallest absolute Gasteiger partial charge is 0.411 e. The normalized spacial score (nSPS) is 12.1. The van der Waals surface area contributed by atoms with Gasteiger partial charge in [-0.15, -0.1) is 0 Å². The van der Waals surface area contributed by atoms with E-state index in [4.69, 9.17) is 4.74 Å². The zero-order valence-electron chi connectivity index (χ0n) is 14.4. The average Bonchev–Trinajstić information content (AvgIpc) is 3.00. The number of fused-ring (bicyclic) bond motifs is 3. The van der Waals surface area contributed by atoms with Gasteiger partial charge in [-0.05, 0) is 34.4 Å². The number of nitrogens with one attached hydrogen (secondary N) is 1. The molecule has 2 N–H and O–H groups in total. The van der Waals surface area contributed by atoms with Crippen LogP contribution in [0.15, 0.2) is 72.8 Å². The molecule has 1 aliphatic carbocycles. The van der Waals surface area contributed by atoms with Crippen LogP contribution in [0.2, 0.25) is 0 Å². The largest absolute Gasteiger partial charge is 0.478 e. The monoisotopic (exact) mass is 359 g/mol. The molecule has 0 aliphatic heterocycles. The molecule has 0 aromatic heterocycles. The lowest BCUT2D eigenvalue weighted by atomic mass is 9.98. The molecule has 0 atom stereocenters. The molecule has 5 nitrogen and oxygen atoms in total. The highest BCUT2D eigenvalue weighted by Crippen LogP contribution is 2.44. The number of carboxylic acids is 1. The van der Waals surface area contributed by atoms with Crippen molar-refractivity contribution in [1.29, 1.82) is 0 Å². The van der Waals surface area contributed by atoms with Gasteiger partial charge < -0.3 is 9.84 Å². The SMILES string of the molecule is O=C(Nc1ccccc1C(=O)O)OCC1c2ccccc2-c2ccccc21. The van der Waals surface area contributed by atoms with Gasteiger partial charge in [0.25, 0.3) is 0 Å². The van der Waals surface area contributed by atoms with Gasteiger partial charge in [0, 0.05) is 5.92 Å². The summed E-state index contributed by atoms with van der Waals surface area (Å²) in [6.07, 6.45) is -0.675. The highest BCUT2D eigenvalue weighted by Gasteiger charge is 2.29. The molecule has 0 saturated heterocycles. The van der Waals surface area contributed by atoms with Crippen molar-refractivity contribution in [2.24, 2.45) is 0 Å². The fourth-order valence-electron chi connectivity index (χ4n) is 3.52. The molecular weight excluding hydrogens is 342 g/mol. The number of rotatable bonds is 4.